The van der Waals surface area contributed by atoms with Crippen molar-refractivity contribution in [1.29, 1.82) is 0 Å². The molecule has 0 aromatic heterocycles. The summed E-state index contributed by atoms with van der Waals surface area (Å²) in [5.41, 5.74) is 0.995. The molecule has 0 saturated carbocycles. The number of anilines is 1. The number of aldehydes is 1. The van der Waals surface area contributed by atoms with Crippen LogP contribution in [0.1, 0.15) is 24.2 Å². The number of nitrogens with zero attached hydrogens (tertiary/aromatic N) is 2. The number of halogens is 1. The maximum absolute atomic E-state index is 13.9. The maximum Gasteiger partial charge on any atom is 0.150 e. The van der Waals surface area contributed by atoms with Crippen molar-refractivity contribution in [2.24, 2.45) is 5.92 Å². The van der Waals surface area contributed by atoms with E-state index in [1.807, 2.05) is 0 Å². The zero-order chi connectivity index (χ0) is 13.8. The van der Waals surface area contributed by atoms with E-state index in [4.69, 9.17) is 0 Å². The first-order chi connectivity index (χ1) is 9.10. The summed E-state index contributed by atoms with van der Waals surface area (Å²) in [4.78, 5) is 15.1. The molecule has 104 valence electrons. The Morgan fingerprint density at radius 1 is 1.26 bits per heavy atom. The quantitative estimate of drug-likeness (QED) is 0.780. The first-order valence-corrected chi connectivity index (χ1v) is 6.82. The summed E-state index contributed by atoms with van der Waals surface area (Å²) in [7, 11) is 0. The number of benzene rings is 1. The van der Waals surface area contributed by atoms with Crippen LogP contribution in [0.2, 0.25) is 0 Å². The first-order valence-electron chi connectivity index (χ1n) is 6.82. The molecule has 0 aliphatic carbocycles. The Bertz CT molecular complexity index is 440. The fourth-order valence-corrected chi connectivity index (χ4v) is 2.54. The van der Waals surface area contributed by atoms with E-state index in [1.54, 1.807) is 12.1 Å². The Hall–Kier alpha value is -1.42. The Labute approximate surface area is 114 Å². The molecule has 0 atom stereocenters. The lowest BCUT2D eigenvalue weighted by molar-refractivity contribution is 0.112. The zero-order valence-corrected chi connectivity index (χ0v) is 11.6. The van der Waals surface area contributed by atoms with Gasteiger partial charge in [-0.25, -0.2) is 4.39 Å². The minimum atomic E-state index is -0.304. The Kier molecular flexibility index (Phi) is 4.53. The summed E-state index contributed by atoms with van der Waals surface area (Å²) in [5, 5.41) is 0. The molecule has 0 radical (unpaired) electrons. The van der Waals surface area contributed by atoms with Gasteiger partial charge in [0.15, 0.2) is 0 Å². The number of hydrogen-bond acceptors (Lipinski definition) is 3. The molecule has 0 N–H and O–H groups in total. The van der Waals surface area contributed by atoms with Crippen molar-refractivity contribution in [2.75, 3.05) is 37.6 Å². The van der Waals surface area contributed by atoms with Crippen LogP contribution in [0.5, 0.6) is 0 Å². The van der Waals surface area contributed by atoms with Crippen LogP contribution in [0.3, 0.4) is 0 Å². The van der Waals surface area contributed by atoms with Gasteiger partial charge in [-0.15, -0.1) is 0 Å². The topological polar surface area (TPSA) is 23.6 Å². The highest BCUT2D eigenvalue weighted by atomic mass is 19.1. The predicted molar refractivity (Wildman–Crippen MR) is 75.3 cm³/mol. The highest BCUT2D eigenvalue weighted by Crippen LogP contribution is 2.21. The second-order valence-corrected chi connectivity index (χ2v) is 5.51. The molecule has 1 saturated heterocycles. The summed E-state index contributed by atoms with van der Waals surface area (Å²) in [6, 6.07) is 4.69. The lowest BCUT2D eigenvalue weighted by Gasteiger charge is -2.37. The molecule has 0 bridgehead atoms. The van der Waals surface area contributed by atoms with Gasteiger partial charge in [-0.2, -0.15) is 0 Å². The van der Waals surface area contributed by atoms with Gasteiger partial charge in [0.05, 0.1) is 5.69 Å². The van der Waals surface area contributed by atoms with E-state index in [1.165, 1.54) is 6.07 Å². The number of carbonyl (C=O) groups is 1. The third-order valence-corrected chi connectivity index (χ3v) is 3.44. The van der Waals surface area contributed by atoms with E-state index < -0.39 is 0 Å². The van der Waals surface area contributed by atoms with Crippen molar-refractivity contribution < 1.29 is 9.18 Å². The Morgan fingerprint density at radius 3 is 2.47 bits per heavy atom. The molecule has 1 aromatic carbocycles. The number of rotatable bonds is 4. The molecule has 1 heterocycles. The normalized spacial score (nSPS) is 16.9. The molecule has 4 heteroatoms. The van der Waals surface area contributed by atoms with E-state index in [-0.39, 0.29) is 5.82 Å². The number of piperazine rings is 1. The van der Waals surface area contributed by atoms with Crippen molar-refractivity contribution in [2.45, 2.75) is 13.8 Å². The van der Waals surface area contributed by atoms with Gasteiger partial charge in [0.25, 0.3) is 0 Å². The lowest BCUT2D eigenvalue weighted by atomic mass is 10.1. The SMILES string of the molecule is CC(C)CN1CCN(c2ccc(C=O)cc2F)CC1. The van der Waals surface area contributed by atoms with Crippen LogP contribution in [0, 0.1) is 11.7 Å². The molecule has 0 spiro atoms. The molecule has 3 nitrogen and oxygen atoms in total. The van der Waals surface area contributed by atoms with Gasteiger partial charge >= 0.3 is 0 Å². The van der Waals surface area contributed by atoms with Gasteiger partial charge in [-0.05, 0) is 24.1 Å². The average Bonchev–Trinajstić information content (AvgIpc) is 2.39. The van der Waals surface area contributed by atoms with Crippen LogP contribution in [0.25, 0.3) is 0 Å². The summed E-state index contributed by atoms with van der Waals surface area (Å²) in [6.07, 6.45) is 0.674. The summed E-state index contributed by atoms with van der Waals surface area (Å²) in [6.45, 7) is 9.13. The summed E-state index contributed by atoms with van der Waals surface area (Å²) in [5.74, 6) is 0.358. The van der Waals surface area contributed by atoms with Gasteiger partial charge in [0.1, 0.15) is 12.1 Å². The maximum atomic E-state index is 13.9. The van der Waals surface area contributed by atoms with Crippen molar-refractivity contribution in [3.8, 4) is 0 Å². The van der Waals surface area contributed by atoms with Crippen LogP contribution in [-0.4, -0.2) is 43.9 Å². The Morgan fingerprint density at radius 2 is 1.95 bits per heavy atom. The average molecular weight is 264 g/mol. The number of carbonyl (C=O) groups excluding carboxylic acids is 1. The standard InChI is InChI=1S/C15H21FN2O/c1-12(2)10-17-5-7-18(8-6-17)15-4-3-13(11-19)9-14(15)16/h3-4,9,11-12H,5-8,10H2,1-2H3. The first kappa shape index (κ1) is 14.0. The molecule has 2 rings (SSSR count). The van der Waals surface area contributed by atoms with Crippen LogP contribution in [0.15, 0.2) is 18.2 Å². The highest BCUT2D eigenvalue weighted by molar-refractivity contribution is 5.76. The van der Waals surface area contributed by atoms with Gasteiger partial charge in [0.2, 0.25) is 0 Å². The van der Waals surface area contributed by atoms with Crippen molar-refractivity contribution in [3.05, 3.63) is 29.6 Å². The Balaban J connectivity index is 1.99. The van der Waals surface area contributed by atoms with Crippen molar-refractivity contribution >= 4 is 12.0 Å². The van der Waals surface area contributed by atoms with Crippen LogP contribution < -0.4 is 4.90 Å². The van der Waals surface area contributed by atoms with E-state index in [9.17, 15) is 9.18 Å². The van der Waals surface area contributed by atoms with Crippen LogP contribution >= 0.6 is 0 Å². The third kappa shape index (κ3) is 3.53. The number of hydrogen-bond donors (Lipinski definition) is 0. The predicted octanol–water partition coefficient (Wildman–Crippen LogP) is 2.42. The van der Waals surface area contributed by atoms with Crippen LogP contribution in [0.4, 0.5) is 10.1 Å². The third-order valence-electron chi connectivity index (χ3n) is 3.44. The minimum absolute atomic E-state index is 0.304. The van der Waals surface area contributed by atoms with Gasteiger partial charge in [-0.3, -0.25) is 9.69 Å². The second-order valence-electron chi connectivity index (χ2n) is 5.51. The minimum Gasteiger partial charge on any atom is -0.367 e. The lowest BCUT2D eigenvalue weighted by Crippen LogP contribution is -2.47. The monoisotopic (exact) mass is 264 g/mol. The smallest absolute Gasteiger partial charge is 0.150 e. The van der Waals surface area contributed by atoms with Gasteiger partial charge in [0, 0.05) is 38.3 Å². The molecular formula is C15H21FN2O. The van der Waals surface area contributed by atoms with E-state index in [0.29, 0.717) is 23.5 Å². The van der Waals surface area contributed by atoms with Crippen LogP contribution in [-0.2, 0) is 0 Å². The largest absolute Gasteiger partial charge is 0.367 e. The van der Waals surface area contributed by atoms with E-state index >= 15 is 0 Å². The molecule has 1 aliphatic heterocycles. The molecule has 19 heavy (non-hydrogen) atoms. The van der Waals surface area contributed by atoms with Gasteiger partial charge < -0.3 is 4.90 Å². The fourth-order valence-electron chi connectivity index (χ4n) is 2.54. The fraction of sp³-hybridized carbons (Fsp3) is 0.533. The molecule has 1 aliphatic rings. The molecule has 1 fully saturated rings. The van der Waals surface area contributed by atoms with E-state index in [0.717, 1.165) is 32.7 Å². The zero-order valence-electron chi connectivity index (χ0n) is 11.6. The van der Waals surface area contributed by atoms with Gasteiger partial charge in [-0.1, -0.05) is 13.8 Å². The highest BCUT2D eigenvalue weighted by Gasteiger charge is 2.19. The molecular weight excluding hydrogens is 243 g/mol. The van der Waals surface area contributed by atoms with Crippen molar-refractivity contribution in [1.82, 2.24) is 4.90 Å². The summed E-state index contributed by atoms with van der Waals surface area (Å²) >= 11 is 0. The molecule has 1 aromatic rings. The molecule has 0 amide bonds. The van der Waals surface area contributed by atoms with Crippen molar-refractivity contribution in [3.63, 3.8) is 0 Å². The van der Waals surface area contributed by atoms with E-state index in [2.05, 4.69) is 23.6 Å². The second kappa shape index (κ2) is 6.15. The summed E-state index contributed by atoms with van der Waals surface area (Å²) < 4.78 is 13.9. The molecule has 0 unspecified atom stereocenters.